The Morgan fingerprint density at radius 1 is 1.00 bits per heavy atom. The highest BCUT2D eigenvalue weighted by Crippen LogP contribution is 2.23. The summed E-state index contributed by atoms with van der Waals surface area (Å²) in [5, 5.41) is -1.24. The molecule has 0 aromatic heterocycles. The van der Waals surface area contributed by atoms with Crippen LogP contribution in [0.2, 0.25) is 5.02 Å². The van der Waals surface area contributed by atoms with Crippen molar-refractivity contribution in [2.45, 2.75) is 33.2 Å². The van der Waals surface area contributed by atoms with E-state index < -0.39 is 16.3 Å². The van der Waals surface area contributed by atoms with Crippen molar-refractivity contribution in [1.29, 1.82) is 0 Å². The summed E-state index contributed by atoms with van der Waals surface area (Å²) < 4.78 is 13.1. The molecule has 0 amide bonds. The average Bonchev–Trinajstić information content (AvgIpc) is 2.59. The van der Waals surface area contributed by atoms with E-state index in [-0.39, 0.29) is 28.5 Å². The average molecular weight is 472 g/mol. The van der Waals surface area contributed by atoms with E-state index in [1.807, 2.05) is 26.8 Å². The summed E-state index contributed by atoms with van der Waals surface area (Å²) in [6, 6.07) is 11.7. The molecule has 0 unspecified atom stereocenters. The number of carbonyl (C=O) groups is 2. The Bertz CT molecular complexity index is 767. The van der Waals surface area contributed by atoms with Crippen molar-refractivity contribution in [3.8, 4) is 0 Å². The molecule has 9 heteroatoms. The van der Waals surface area contributed by atoms with E-state index >= 15 is 0 Å². The Kier molecular flexibility index (Phi) is 14.4. The minimum atomic E-state index is -0.874. The fraction of sp³-hybridized carbons (Fsp3) is 0.263. The third-order valence-corrected chi connectivity index (χ3v) is 3.64. The Morgan fingerprint density at radius 3 is 1.75 bits per heavy atom. The summed E-state index contributed by atoms with van der Waals surface area (Å²) in [7, 11) is 0. The zero-order valence-electron chi connectivity index (χ0n) is 15.9. The Hall–Kier alpha value is -1.21. The van der Waals surface area contributed by atoms with Crippen LogP contribution in [0.4, 0.5) is 4.39 Å². The van der Waals surface area contributed by atoms with Crippen molar-refractivity contribution in [2.24, 2.45) is 5.84 Å². The second-order valence-corrected chi connectivity index (χ2v) is 7.45. The number of aryl methyl sites for hydroxylation is 1. The van der Waals surface area contributed by atoms with Gasteiger partial charge < -0.3 is 0 Å². The summed E-state index contributed by atoms with van der Waals surface area (Å²) >= 11 is 15.8. The molecule has 0 saturated carbocycles. The van der Waals surface area contributed by atoms with Crippen molar-refractivity contribution in [3.63, 3.8) is 0 Å². The maximum Gasteiger partial charge on any atom is 0.256 e. The number of nitrogens with two attached hydrogens (primary N) is 1. The number of hydrogen-bond donors (Lipinski definition) is 2. The number of hydrazine groups is 1. The molecule has 0 radical (unpaired) electrons. The molecule has 3 N–H and O–H groups in total. The Balaban J connectivity index is 0. The van der Waals surface area contributed by atoms with Crippen molar-refractivity contribution < 1.29 is 14.0 Å². The zero-order chi connectivity index (χ0) is 21.2. The predicted octanol–water partition coefficient (Wildman–Crippen LogP) is 5.90. The molecule has 0 atom stereocenters. The van der Waals surface area contributed by atoms with Crippen molar-refractivity contribution in [3.05, 3.63) is 70.0 Å². The first-order chi connectivity index (χ1) is 12.4. The van der Waals surface area contributed by atoms with Crippen molar-refractivity contribution in [1.82, 2.24) is 5.43 Å². The molecule has 2 aromatic rings. The maximum absolute atomic E-state index is 13.1. The minimum absolute atomic E-state index is 0. The zero-order valence-corrected chi connectivity index (χ0v) is 18.9. The van der Waals surface area contributed by atoms with Gasteiger partial charge in [0, 0.05) is 11.1 Å². The Morgan fingerprint density at radius 2 is 1.46 bits per heavy atom. The monoisotopic (exact) mass is 470 g/mol. The second-order valence-electron chi connectivity index (χ2n) is 6.36. The standard InChI is InChI=1S/C8H5Cl2FO.C7H5ClO.C4H12N2.ClH/c1-4-2-3-5(9)6(7(4)11)8(10)12;8-7(9)6-4-2-1-3-5-6;1-4(2,3)6-5;/h2-3H,1H3;1-5H;6H,5H2,1-3H3;1H. The normalized spacial score (nSPS) is 9.75. The van der Waals surface area contributed by atoms with E-state index in [4.69, 9.17) is 40.6 Å². The van der Waals surface area contributed by atoms with E-state index in [0.29, 0.717) is 11.1 Å². The van der Waals surface area contributed by atoms with Gasteiger partial charge in [-0.15, -0.1) is 12.4 Å². The number of nitrogens with one attached hydrogen (secondary N) is 1. The number of benzene rings is 2. The van der Waals surface area contributed by atoms with E-state index in [1.54, 1.807) is 24.3 Å². The number of carbonyl (C=O) groups excluding carboxylic acids is 2. The topological polar surface area (TPSA) is 72.2 Å². The van der Waals surface area contributed by atoms with E-state index in [0.717, 1.165) is 0 Å². The van der Waals surface area contributed by atoms with Gasteiger partial charge in [0.05, 0.1) is 10.6 Å². The van der Waals surface area contributed by atoms with Gasteiger partial charge >= 0.3 is 0 Å². The molecule has 4 nitrogen and oxygen atoms in total. The van der Waals surface area contributed by atoms with Gasteiger partial charge in [0.1, 0.15) is 5.82 Å². The molecule has 156 valence electrons. The lowest BCUT2D eigenvalue weighted by atomic mass is 10.1. The lowest BCUT2D eigenvalue weighted by molar-refractivity contribution is 0.107. The fourth-order valence-electron chi connectivity index (χ4n) is 1.41. The van der Waals surface area contributed by atoms with Crippen LogP contribution < -0.4 is 11.3 Å². The number of hydrogen-bond acceptors (Lipinski definition) is 4. The van der Waals surface area contributed by atoms with Crippen LogP contribution >= 0.6 is 47.2 Å². The molecule has 28 heavy (non-hydrogen) atoms. The quantitative estimate of drug-likeness (QED) is 0.324. The van der Waals surface area contributed by atoms with Crippen LogP contribution in [0.1, 0.15) is 47.1 Å². The molecule has 2 aromatic carbocycles. The minimum Gasteiger partial charge on any atom is -0.276 e. The third-order valence-electron chi connectivity index (χ3n) is 2.91. The van der Waals surface area contributed by atoms with Crippen molar-refractivity contribution >= 4 is 57.7 Å². The van der Waals surface area contributed by atoms with E-state index in [9.17, 15) is 14.0 Å². The summed E-state index contributed by atoms with van der Waals surface area (Å²) in [6.07, 6.45) is 0. The van der Waals surface area contributed by atoms with Gasteiger partial charge in [-0.2, -0.15) is 0 Å². The second kappa shape index (κ2) is 13.9. The lowest BCUT2D eigenvalue weighted by Crippen LogP contribution is -2.41. The molecule has 0 aliphatic carbocycles. The first-order valence-electron chi connectivity index (χ1n) is 7.77. The number of rotatable bonds is 2. The summed E-state index contributed by atoms with van der Waals surface area (Å²) in [4.78, 5) is 21.1. The fourth-order valence-corrected chi connectivity index (χ4v) is 2.00. The summed E-state index contributed by atoms with van der Waals surface area (Å²) in [5.74, 6) is 4.41. The van der Waals surface area contributed by atoms with Crippen LogP contribution in [-0.4, -0.2) is 16.0 Å². The highest BCUT2D eigenvalue weighted by Gasteiger charge is 2.15. The van der Waals surface area contributed by atoms with Crippen LogP contribution in [0.3, 0.4) is 0 Å². The molecule has 0 spiro atoms. The largest absolute Gasteiger partial charge is 0.276 e. The first kappa shape index (κ1) is 29.0. The van der Waals surface area contributed by atoms with Crippen LogP contribution in [0.15, 0.2) is 42.5 Å². The molecule has 0 saturated heterocycles. The highest BCUT2D eigenvalue weighted by atomic mass is 35.5. The van der Waals surface area contributed by atoms with Gasteiger partial charge in [0.15, 0.2) is 0 Å². The van der Waals surface area contributed by atoms with Gasteiger partial charge in [0.2, 0.25) is 0 Å². The first-order valence-corrected chi connectivity index (χ1v) is 8.91. The van der Waals surface area contributed by atoms with E-state index in [1.165, 1.54) is 19.1 Å². The molecule has 0 bridgehead atoms. The molecular weight excluding hydrogens is 449 g/mol. The molecule has 2 rings (SSSR count). The van der Waals surface area contributed by atoms with Gasteiger partial charge in [-0.25, -0.2) is 4.39 Å². The predicted molar refractivity (Wildman–Crippen MR) is 117 cm³/mol. The van der Waals surface area contributed by atoms with Crippen LogP contribution in [0.5, 0.6) is 0 Å². The smallest absolute Gasteiger partial charge is 0.256 e. The van der Waals surface area contributed by atoms with Gasteiger partial charge in [-0.3, -0.25) is 20.9 Å². The SMILES string of the molecule is CC(C)(C)NN.Cc1ccc(Cl)c(C(=O)Cl)c1F.Cl.O=C(Cl)c1ccccc1. The van der Waals surface area contributed by atoms with E-state index in [2.05, 4.69) is 5.43 Å². The molecular formula is C19H23Cl4FN2O2. The molecule has 0 heterocycles. The highest BCUT2D eigenvalue weighted by molar-refractivity contribution is 6.69. The molecule has 0 aliphatic rings. The van der Waals surface area contributed by atoms with Gasteiger partial charge in [0.25, 0.3) is 10.5 Å². The van der Waals surface area contributed by atoms with Gasteiger partial charge in [-0.1, -0.05) is 48.0 Å². The third kappa shape index (κ3) is 11.6. The van der Waals surface area contributed by atoms with Crippen LogP contribution in [0.25, 0.3) is 0 Å². The Labute approximate surface area is 185 Å². The molecule has 0 fully saturated rings. The van der Waals surface area contributed by atoms with Crippen molar-refractivity contribution in [2.75, 3.05) is 0 Å². The molecule has 0 aliphatic heterocycles. The van der Waals surface area contributed by atoms with Crippen LogP contribution in [0, 0.1) is 12.7 Å². The maximum atomic E-state index is 13.1. The number of halogens is 5. The summed E-state index contributed by atoms with van der Waals surface area (Å²) in [5.41, 5.74) is 3.31. The van der Waals surface area contributed by atoms with Gasteiger partial charge in [-0.05, 0) is 62.5 Å². The summed E-state index contributed by atoms with van der Waals surface area (Å²) in [6.45, 7) is 7.56. The van der Waals surface area contributed by atoms with Crippen LogP contribution in [-0.2, 0) is 0 Å². The lowest BCUT2D eigenvalue weighted by Gasteiger charge is -2.14.